The van der Waals surface area contributed by atoms with E-state index in [9.17, 15) is 4.39 Å². The minimum absolute atomic E-state index is 0.283. The standard InChI is InChI=1S/C10H10ClFO/c1-10(4-5-13-10)8-3-2-7(11)6-9(8)12/h2-3,6H,4-5H2,1H3. The van der Waals surface area contributed by atoms with E-state index in [1.165, 1.54) is 6.07 Å². The van der Waals surface area contributed by atoms with Gasteiger partial charge in [0.1, 0.15) is 5.82 Å². The average molecular weight is 201 g/mol. The Hall–Kier alpha value is -0.600. The maximum Gasteiger partial charge on any atom is 0.130 e. The molecule has 1 aliphatic rings. The van der Waals surface area contributed by atoms with Crippen molar-refractivity contribution in [3.05, 3.63) is 34.6 Å². The molecular formula is C10H10ClFO. The minimum atomic E-state index is -0.436. The third-order valence-electron chi connectivity index (χ3n) is 2.50. The molecule has 0 spiro atoms. The van der Waals surface area contributed by atoms with Gasteiger partial charge in [0, 0.05) is 17.0 Å². The van der Waals surface area contributed by atoms with Crippen molar-refractivity contribution in [2.75, 3.05) is 6.61 Å². The molecule has 0 aromatic heterocycles. The van der Waals surface area contributed by atoms with Crippen LogP contribution >= 0.6 is 11.6 Å². The lowest BCUT2D eigenvalue weighted by molar-refractivity contribution is -0.142. The van der Waals surface area contributed by atoms with Crippen molar-refractivity contribution in [2.45, 2.75) is 18.9 Å². The van der Waals surface area contributed by atoms with E-state index < -0.39 is 5.60 Å². The van der Waals surface area contributed by atoms with Gasteiger partial charge in [-0.1, -0.05) is 17.7 Å². The molecule has 1 heterocycles. The van der Waals surface area contributed by atoms with E-state index in [1.807, 2.05) is 6.92 Å². The zero-order chi connectivity index (χ0) is 9.47. The lowest BCUT2D eigenvalue weighted by Crippen LogP contribution is -2.38. The molecule has 1 atom stereocenters. The van der Waals surface area contributed by atoms with Crippen LogP contribution in [0.2, 0.25) is 5.02 Å². The van der Waals surface area contributed by atoms with Crippen LogP contribution in [-0.2, 0) is 10.3 Å². The zero-order valence-electron chi connectivity index (χ0n) is 7.31. The topological polar surface area (TPSA) is 9.23 Å². The van der Waals surface area contributed by atoms with Gasteiger partial charge in [0.15, 0.2) is 0 Å². The predicted molar refractivity (Wildman–Crippen MR) is 49.3 cm³/mol. The van der Waals surface area contributed by atoms with Crippen LogP contribution in [0.5, 0.6) is 0 Å². The highest BCUT2D eigenvalue weighted by Crippen LogP contribution is 2.38. The normalized spacial score (nSPS) is 27.0. The molecule has 1 aliphatic heterocycles. The van der Waals surface area contributed by atoms with Crippen LogP contribution in [0, 0.1) is 5.82 Å². The molecule has 0 radical (unpaired) electrons. The summed E-state index contributed by atoms with van der Waals surface area (Å²) in [5.41, 5.74) is 0.164. The Balaban J connectivity index is 2.40. The fourth-order valence-electron chi connectivity index (χ4n) is 1.54. The van der Waals surface area contributed by atoms with Crippen molar-refractivity contribution >= 4 is 11.6 Å². The van der Waals surface area contributed by atoms with Gasteiger partial charge in [-0.2, -0.15) is 0 Å². The fraction of sp³-hybridized carbons (Fsp3) is 0.400. The van der Waals surface area contributed by atoms with Crippen LogP contribution in [0.15, 0.2) is 18.2 Å². The van der Waals surface area contributed by atoms with Crippen LogP contribution in [0.1, 0.15) is 18.9 Å². The second-order valence-electron chi connectivity index (χ2n) is 3.45. The summed E-state index contributed by atoms with van der Waals surface area (Å²) in [5, 5.41) is 0.421. The second kappa shape index (κ2) is 2.96. The average Bonchev–Trinajstić information content (AvgIpc) is 2.00. The summed E-state index contributed by atoms with van der Waals surface area (Å²) >= 11 is 5.65. The SMILES string of the molecule is CC1(c2ccc(Cl)cc2F)CCO1. The Labute approximate surface area is 81.5 Å². The Kier molecular flexibility index (Phi) is 2.05. The van der Waals surface area contributed by atoms with Gasteiger partial charge in [-0.15, -0.1) is 0 Å². The van der Waals surface area contributed by atoms with E-state index in [4.69, 9.17) is 16.3 Å². The summed E-state index contributed by atoms with van der Waals surface area (Å²) in [6.45, 7) is 2.60. The number of hydrogen-bond donors (Lipinski definition) is 0. The first-order chi connectivity index (χ1) is 6.12. The molecule has 0 amide bonds. The molecule has 0 saturated carbocycles. The van der Waals surface area contributed by atoms with E-state index in [2.05, 4.69) is 0 Å². The van der Waals surface area contributed by atoms with Crippen LogP contribution < -0.4 is 0 Å². The highest BCUT2D eigenvalue weighted by molar-refractivity contribution is 6.30. The van der Waals surface area contributed by atoms with Crippen molar-refractivity contribution in [2.24, 2.45) is 0 Å². The molecule has 1 saturated heterocycles. The smallest absolute Gasteiger partial charge is 0.130 e. The molecule has 1 aromatic rings. The molecule has 70 valence electrons. The highest BCUT2D eigenvalue weighted by atomic mass is 35.5. The van der Waals surface area contributed by atoms with Crippen molar-refractivity contribution in [1.29, 1.82) is 0 Å². The van der Waals surface area contributed by atoms with Gasteiger partial charge >= 0.3 is 0 Å². The van der Waals surface area contributed by atoms with Crippen molar-refractivity contribution < 1.29 is 9.13 Å². The van der Waals surface area contributed by atoms with Crippen LogP contribution in [0.3, 0.4) is 0 Å². The first-order valence-electron chi connectivity index (χ1n) is 4.21. The van der Waals surface area contributed by atoms with Gasteiger partial charge < -0.3 is 4.74 Å². The molecule has 1 nitrogen and oxygen atoms in total. The van der Waals surface area contributed by atoms with Gasteiger partial charge in [0.05, 0.1) is 12.2 Å². The van der Waals surface area contributed by atoms with Crippen molar-refractivity contribution in [1.82, 2.24) is 0 Å². The zero-order valence-corrected chi connectivity index (χ0v) is 8.07. The van der Waals surface area contributed by atoms with E-state index in [0.717, 1.165) is 6.42 Å². The molecule has 13 heavy (non-hydrogen) atoms. The Morgan fingerprint density at radius 3 is 2.69 bits per heavy atom. The molecule has 1 fully saturated rings. The molecule has 0 bridgehead atoms. The molecule has 0 N–H and O–H groups in total. The van der Waals surface area contributed by atoms with E-state index >= 15 is 0 Å². The van der Waals surface area contributed by atoms with Gasteiger partial charge in [-0.3, -0.25) is 0 Å². The Morgan fingerprint density at radius 2 is 2.23 bits per heavy atom. The minimum Gasteiger partial charge on any atom is -0.370 e. The summed E-state index contributed by atoms with van der Waals surface area (Å²) in [6, 6.07) is 4.70. The van der Waals surface area contributed by atoms with Crippen LogP contribution in [-0.4, -0.2) is 6.61 Å². The summed E-state index contributed by atoms with van der Waals surface area (Å²) in [4.78, 5) is 0. The predicted octanol–water partition coefficient (Wildman–Crippen LogP) is 3.11. The van der Waals surface area contributed by atoms with Gasteiger partial charge in [-0.05, 0) is 19.1 Å². The number of hydrogen-bond acceptors (Lipinski definition) is 1. The lowest BCUT2D eigenvalue weighted by atomic mass is 9.88. The molecule has 1 unspecified atom stereocenters. The summed E-state index contributed by atoms with van der Waals surface area (Å²) in [7, 11) is 0. The molecule has 0 aliphatic carbocycles. The third kappa shape index (κ3) is 1.45. The second-order valence-corrected chi connectivity index (χ2v) is 3.89. The fourth-order valence-corrected chi connectivity index (χ4v) is 1.70. The lowest BCUT2D eigenvalue weighted by Gasteiger charge is -2.39. The Bertz CT molecular complexity index is 334. The first-order valence-corrected chi connectivity index (χ1v) is 4.59. The largest absolute Gasteiger partial charge is 0.370 e. The molecule has 3 heteroatoms. The number of halogens is 2. The first kappa shape index (κ1) is 8.97. The highest BCUT2D eigenvalue weighted by Gasteiger charge is 2.37. The summed E-state index contributed by atoms with van der Waals surface area (Å²) in [6.07, 6.45) is 0.867. The van der Waals surface area contributed by atoms with Crippen molar-refractivity contribution in [3.63, 3.8) is 0 Å². The van der Waals surface area contributed by atoms with Crippen LogP contribution in [0.25, 0.3) is 0 Å². The molecular weight excluding hydrogens is 191 g/mol. The summed E-state index contributed by atoms with van der Waals surface area (Å²) < 4.78 is 18.7. The van der Waals surface area contributed by atoms with Crippen LogP contribution in [0.4, 0.5) is 4.39 Å². The third-order valence-corrected chi connectivity index (χ3v) is 2.74. The van der Waals surface area contributed by atoms with Gasteiger partial charge in [0.2, 0.25) is 0 Å². The monoisotopic (exact) mass is 200 g/mol. The van der Waals surface area contributed by atoms with Gasteiger partial charge in [0.25, 0.3) is 0 Å². The van der Waals surface area contributed by atoms with Gasteiger partial charge in [-0.25, -0.2) is 4.39 Å². The quantitative estimate of drug-likeness (QED) is 0.677. The maximum atomic E-state index is 13.4. The van der Waals surface area contributed by atoms with E-state index in [-0.39, 0.29) is 5.82 Å². The molecule has 1 aromatic carbocycles. The maximum absolute atomic E-state index is 13.4. The number of ether oxygens (including phenoxy) is 1. The summed E-state index contributed by atoms with van der Waals surface area (Å²) in [5.74, 6) is -0.283. The Morgan fingerprint density at radius 1 is 1.54 bits per heavy atom. The van der Waals surface area contributed by atoms with E-state index in [0.29, 0.717) is 17.2 Å². The van der Waals surface area contributed by atoms with E-state index in [1.54, 1.807) is 12.1 Å². The molecule has 2 rings (SSSR count). The number of benzene rings is 1. The number of rotatable bonds is 1. The van der Waals surface area contributed by atoms with Crippen molar-refractivity contribution in [3.8, 4) is 0 Å².